The van der Waals surface area contributed by atoms with Crippen LogP contribution in [0.1, 0.15) is 367 Å². The summed E-state index contributed by atoms with van der Waals surface area (Å²) in [6, 6.07) is -0.804. The molecule has 1 heterocycles. The van der Waals surface area contributed by atoms with Crippen molar-refractivity contribution in [3.05, 3.63) is 24.3 Å². The third kappa shape index (κ3) is 51.1. The Labute approximate surface area is 518 Å². The van der Waals surface area contributed by atoms with Crippen LogP contribution in [-0.2, 0) is 23.8 Å². The molecule has 11 nitrogen and oxygen atoms in total. The predicted octanol–water partition coefficient (Wildman–Crippen LogP) is 18.8. The maximum Gasteiger partial charge on any atom is 0.305 e. The molecule has 0 spiro atoms. The van der Waals surface area contributed by atoms with Crippen molar-refractivity contribution in [3.8, 4) is 0 Å². The van der Waals surface area contributed by atoms with Crippen molar-refractivity contribution in [2.45, 2.75) is 410 Å². The third-order valence-corrected chi connectivity index (χ3v) is 17.6. The molecule has 1 aliphatic rings. The number of ether oxygens (including phenoxy) is 3. The molecular weight excluding hydrogens is 1050 g/mol. The minimum Gasteiger partial charge on any atom is -0.466 e. The Morgan fingerprint density at radius 2 is 0.762 bits per heavy atom. The van der Waals surface area contributed by atoms with Gasteiger partial charge in [0.15, 0.2) is 6.29 Å². The molecule has 7 unspecified atom stereocenters. The standard InChI is InChI=1S/C73H139NO10/c1-3-5-7-9-11-13-14-41-45-49-53-57-61-69(78)82-62-58-54-50-46-42-39-37-35-33-31-29-27-25-23-21-19-17-15-16-18-20-22-24-26-28-30-32-34-36-38-40-44-48-52-56-60-68(77)74-65(66(76)59-55-51-47-43-12-10-8-6-4-2)64-83-73-72(81)71(80)70(79)67(63-75)84-73/h11,13,55,59,65-67,70-73,75-76,79-81H,3-10,12,14-54,56-58,60-64H2,1-2H3,(H,74,77)/b13-11-,59-55+. The van der Waals surface area contributed by atoms with E-state index >= 15 is 0 Å². The number of rotatable bonds is 65. The van der Waals surface area contributed by atoms with Crippen LogP contribution in [0.3, 0.4) is 0 Å². The van der Waals surface area contributed by atoms with Crippen LogP contribution in [0.25, 0.3) is 0 Å². The molecule has 0 aromatic rings. The van der Waals surface area contributed by atoms with Gasteiger partial charge in [0.25, 0.3) is 0 Å². The molecular formula is C73H139NO10. The average molecular weight is 1190 g/mol. The Morgan fingerprint density at radius 1 is 0.429 bits per heavy atom. The number of aliphatic hydroxyl groups excluding tert-OH is 5. The van der Waals surface area contributed by atoms with Crippen LogP contribution in [0.5, 0.6) is 0 Å². The van der Waals surface area contributed by atoms with E-state index in [1.807, 2.05) is 6.08 Å². The van der Waals surface area contributed by atoms with E-state index < -0.39 is 49.5 Å². The van der Waals surface area contributed by atoms with Crippen LogP contribution in [-0.4, -0.2) is 100 Å². The zero-order valence-electron chi connectivity index (χ0n) is 55.1. The number of hydrogen-bond acceptors (Lipinski definition) is 10. The normalized spacial score (nSPS) is 18.1. The molecule has 0 radical (unpaired) electrons. The minimum atomic E-state index is -1.57. The molecule has 0 bridgehead atoms. The second-order valence-corrected chi connectivity index (χ2v) is 25.7. The maximum atomic E-state index is 13.0. The van der Waals surface area contributed by atoms with Gasteiger partial charge in [0.2, 0.25) is 5.91 Å². The van der Waals surface area contributed by atoms with Crippen LogP contribution in [0.4, 0.5) is 0 Å². The third-order valence-electron chi connectivity index (χ3n) is 17.6. The lowest BCUT2D eigenvalue weighted by molar-refractivity contribution is -0.302. The Morgan fingerprint density at radius 3 is 1.17 bits per heavy atom. The number of aliphatic hydroxyl groups is 5. The first-order valence-corrected chi connectivity index (χ1v) is 36.6. The number of amides is 1. The maximum absolute atomic E-state index is 13.0. The molecule has 0 aromatic heterocycles. The highest BCUT2D eigenvalue weighted by Gasteiger charge is 2.44. The van der Waals surface area contributed by atoms with Gasteiger partial charge in [0, 0.05) is 12.8 Å². The van der Waals surface area contributed by atoms with Crippen molar-refractivity contribution in [2.75, 3.05) is 19.8 Å². The number of unbranched alkanes of at least 4 members (excludes halogenated alkanes) is 49. The molecule has 496 valence electrons. The summed E-state index contributed by atoms with van der Waals surface area (Å²) in [5.41, 5.74) is 0. The number of allylic oxidation sites excluding steroid dienone is 3. The van der Waals surface area contributed by atoms with Gasteiger partial charge in [-0.25, -0.2) is 0 Å². The van der Waals surface area contributed by atoms with Crippen molar-refractivity contribution >= 4 is 11.9 Å². The van der Waals surface area contributed by atoms with E-state index in [0.717, 1.165) is 57.8 Å². The summed E-state index contributed by atoms with van der Waals surface area (Å²) < 4.78 is 16.7. The van der Waals surface area contributed by atoms with Gasteiger partial charge in [-0.3, -0.25) is 9.59 Å². The molecule has 1 saturated heterocycles. The summed E-state index contributed by atoms with van der Waals surface area (Å²) in [4.78, 5) is 25.1. The molecule has 7 atom stereocenters. The van der Waals surface area contributed by atoms with Crippen LogP contribution in [0.15, 0.2) is 24.3 Å². The van der Waals surface area contributed by atoms with Gasteiger partial charge in [-0.2, -0.15) is 0 Å². The summed E-state index contributed by atoms with van der Waals surface area (Å²) in [6.07, 6.45) is 69.2. The summed E-state index contributed by atoms with van der Waals surface area (Å²) in [5, 5.41) is 54.3. The molecule has 1 aliphatic heterocycles. The molecule has 0 aliphatic carbocycles. The van der Waals surface area contributed by atoms with Crippen LogP contribution in [0.2, 0.25) is 0 Å². The Bertz CT molecular complexity index is 1440. The average Bonchev–Trinajstić information content (AvgIpc) is 3.66. The lowest BCUT2D eigenvalue weighted by Crippen LogP contribution is -2.60. The minimum absolute atomic E-state index is 0.00617. The van der Waals surface area contributed by atoms with E-state index in [4.69, 9.17) is 14.2 Å². The fourth-order valence-corrected chi connectivity index (χ4v) is 11.8. The SMILES string of the molecule is CCCCC/C=C\CCCCCCCC(=O)OCCCCCCCCCCCCCCCCCCCCCCCCCCCCCCCCCCCCCC(=O)NC(COC1OC(CO)C(O)C(O)C1O)C(O)/C=C/CCCCCCCCC. The second-order valence-electron chi connectivity index (χ2n) is 25.7. The van der Waals surface area contributed by atoms with E-state index in [0.29, 0.717) is 19.4 Å². The Hall–Kier alpha value is -1.86. The van der Waals surface area contributed by atoms with E-state index in [9.17, 15) is 35.1 Å². The van der Waals surface area contributed by atoms with Crippen LogP contribution < -0.4 is 5.32 Å². The van der Waals surface area contributed by atoms with Crippen molar-refractivity contribution in [3.63, 3.8) is 0 Å². The number of carbonyl (C=O) groups is 2. The number of carbonyl (C=O) groups excluding carboxylic acids is 2. The van der Waals surface area contributed by atoms with E-state index in [2.05, 4.69) is 31.3 Å². The molecule has 11 heteroatoms. The molecule has 6 N–H and O–H groups in total. The molecule has 0 saturated carbocycles. The van der Waals surface area contributed by atoms with Gasteiger partial charge < -0.3 is 45.1 Å². The first-order chi connectivity index (χ1) is 41.2. The van der Waals surface area contributed by atoms with E-state index in [1.54, 1.807) is 6.08 Å². The topological polar surface area (TPSA) is 175 Å². The smallest absolute Gasteiger partial charge is 0.305 e. The molecule has 1 rings (SSSR count). The number of nitrogens with one attached hydrogen (secondary N) is 1. The Balaban J connectivity index is 1.87. The van der Waals surface area contributed by atoms with E-state index in [-0.39, 0.29) is 18.5 Å². The zero-order chi connectivity index (χ0) is 60.9. The highest BCUT2D eigenvalue weighted by molar-refractivity contribution is 5.76. The lowest BCUT2D eigenvalue weighted by Gasteiger charge is -2.40. The van der Waals surface area contributed by atoms with Gasteiger partial charge >= 0.3 is 5.97 Å². The highest BCUT2D eigenvalue weighted by atomic mass is 16.7. The fourth-order valence-electron chi connectivity index (χ4n) is 11.8. The summed E-state index contributed by atoms with van der Waals surface area (Å²) >= 11 is 0. The van der Waals surface area contributed by atoms with Gasteiger partial charge in [-0.1, -0.05) is 321 Å². The number of hydrogen-bond donors (Lipinski definition) is 6. The lowest BCUT2D eigenvalue weighted by atomic mass is 9.99. The monoisotopic (exact) mass is 1190 g/mol. The van der Waals surface area contributed by atoms with Gasteiger partial charge in [-0.15, -0.1) is 0 Å². The van der Waals surface area contributed by atoms with E-state index in [1.165, 1.54) is 283 Å². The van der Waals surface area contributed by atoms with Crippen molar-refractivity contribution in [2.24, 2.45) is 0 Å². The summed E-state index contributed by atoms with van der Waals surface area (Å²) in [7, 11) is 0. The Kier molecular flexibility index (Phi) is 59.9. The fraction of sp³-hybridized carbons (Fsp3) is 0.918. The molecule has 84 heavy (non-hydrogen) atoms. The van der Waals surface area contributed by atoms with Crippen molar-refractivity contribution < 1.29 is 49.3 Å². The predicted molar refractivity (Wildman–Crippen MR) is 352 cm³/mol. The molecule has 1 amide bonds. The first-order valence-electron chi connectivity index (χ1n) is 36.6. The summed E-state index contributed by atoms with van der Waals surface area (Å²) in [5.74, 6) is -0.171. The van der Waals surface area contributed by atoms with Crippen LogP contribution >= 0.6 is 0 Å². The quantitative estimate of drug-likeness (QED) is 0.0195. The molecule has 1 fully saturated rings. The van der Waals surface area contributed by atoms with Gasteiger partial charge in [0.1, 0.15) is 24.4 Å². The van der Waals surface area contributed by atoms with Gasteiger partial charge in [-0.05, 0) is 57.8 Å². The molecule has 0 aromatic carbocycles. The van der Waals surface area contributed by atoms with Crippen molar-refractivity contribution in [1.82, 2.24) is 5.32 Å². The first kappa shape index (κ1) is 80.2. The van der Waals surface area contributed by atoms with Crippen LogP contribution in [0, 0.1) is 0 Å². The number of esters is 1. The summed E-state index contributed by atoms with van der Waals surface area (Å²) in [6.45, 7) is 4.33. The zero-order valence-corrected chi connectivity index (χ0v) is 55.1. The highest BCUT2D eigenvalue weighted by Crippen LogP contribution is 2.24. The van der Waals surface area contributed by atoms with Gasteiger partial charge in [0.05, 0.1) is 32.0 Å². The largest absolute Gasteiger partial charge is 0.466 e. The van der Waals surface area contributed by atoms with Crippen molar-refractivity contribution in [1.29, 1.82) is 0 Å². The second kappa shape index (κ2) is 62.7.